The Labute approximate surface area is 92.6 Å². The van der Waals surface area contributed by atoms with Crippen molar-refractivity contribution in [3.8, 4) is 5.88 Å². The molecule has 0 spiro atoms. The fraction of sp³-hybridized carbons (Fsp3) is 0.700. The predicted octanol–water partition coefficient (Wildman–Crippen LogP) is 2.75. The van der Waals surface area contributed by atoms with Crippen LogP contribution < -0.4 is 4.74 Å². The van der Waals surface area contributed by atoms with Crippen molar-refractivity contribution in [2.24, 2.45) is 13.0 Å². The third-order valence-corrected chi connectivity index (χ3v) is 3.23. The molecule has 0 unspecified atom stereocenters. The summed E-state index contributed by atoms with van der Waals surface area (Å²) in [5.74, 6) is 1.46. The first kappa shape index (κ1) is 10.0. The molecular weight excluding hydrogens is 244 g/mol. The Hall–Kier alpha value is -0.510. The summed E-state index contributed by atoms with van der Waals surface area (Å²) in [7, 11) is 1.90. The SMILES string of the molecule is Cn1cc(Br)c(OCC2CCCC2)n1. The van der Waals surface area contributed by atoms with E-state index in [0.29, 0.717) is 0 Å². The van der Waals surface area contributed by atoms with Gasteiger partial charge in [-0.15, -0.1) is 5.10 Å². The number of nitrogens with zero attached hydrogens (tertiary/aromatic N) is 2. The van der Waals surface area contributed by atoms with Crippen molar-refractivity contribution < 1.29 is 4.74 Å². The van der Waals surface area contributed by atoms with E-state index in [1.54, 1.807) is 4.68 Å². The first-order valence-corrected chi connectivity index (χ1v) is 5.87. The first-order chi connectivity index (χ1) is 6.75. The minimum absolute atomic E-state index is 0.722. The molecule has 0 bridgehead atoms. The van der Waals surface area contributed by atoms with Crippen molar-refractivity contribution in [3.63, 3.8) is 0 Å². The second-order valence-corrected chi connectivity index (χ2v) is 4.77. The van der Waals surface area contributed by atoms with E-state index in [1.807, 2.05) is 13.2 Å². The van der Waals surface area contributed by atoms with Crippen LogP contribution in [0.5, 0.6) is 5.88 Å². The van der Waals surface area contributed by atoms with Crippen LogP contribution in [0.25, 0.3) is 0 Å². The maximum atomic E-state index is 5.66. The summed E-state index contributed by atoms with van der Waals surface area (Å²) in [6.07, 6.45) is 7.24. The highest BCUT2D eigenvalue weighted by Crippen LogP contribution is 2.27. The zero-order valence-electron chi connectivity index (χ0n) is 8.37. The molecule has 0 atom stereocenters. The van der Waals surface area contributed by atoms with Crippen molar-refractivity contribution >= 4 is 15.9 Å². The lowest BCUT2D eigenvalue weighted by molar-refractivity contribution is 0.240. The first-order valence-electron chi connectivity index (χ1n) is 5.07. The van der Waals surface area contributed by atoms with Gasteiger partial charge in [-0.3, -0.25) is 4.68 Å². The van der Waals surface area contributed by atoms with Crippen molar-refractivity contribution in [2.75, 3.05) is 6.61 Å². The molecule has 0 N–H and O–H groups in total. The van der Waals surface area contributed by atoms with Crippen molar-refractivity contribution in [3.05, 3.63) is 10.7 Å². The van der Waals surface area contributed by atoms with Crippen molar-refractivity contribution in [1.82, 2.24) is 9.78 Å². The van der Waals surface area contributed by atoms with E-state index in [1.165, 1.54) is 25.7 Å². The fourth-order valence-corrected chi connectivity index (χ4v) is 2.40. The molecule has 1 aliphatic carbocycles. The van der Waals surface area contributed by atoms with Gasteiger partial charge < -0.3 is 4.74 Å². The lowest BCUT2D eigenvalue weighted by atomic mass is 10.1. The van der Waals surface area contributed by atoms with Crippen LogP contribution in [0.1, 0.15) is 25.7 Å². The van der Waals surface area contributed by atoms with Gasteiger partial charge in [0, 0.05) is 13.2 Å². The third-order valence-electron chi connectivity index (χ3n) is 2.68. The van der Waals surface area contributed by atoms with Crippen LogP contribution in [0, 0.1) is 5.92 Å². The molecule has 3 nitrogen and oxygen atoms in total. The predicted molar refractivity (Wildman–Crippen MR) is 58.4 cm³/mol. The normalized spacial score (nSPS) is 17.6. The average molecular weight is 259 g/mol. The number of aryl methyl sites for hydroxylation is 1. The highest BCUT2D eigenvalue weighted by atomic mass is 79.9. The van der Waals surface area contributed by atoms with Gasteiger partial charge in [-0.1, -0.05) is 12.8 Å². The average Bonchev–Trinajstić information content (AvgIpc) is 2.72. The molecule has 0 amide bonds. The Kier molecular flexibility index (Phi) is 3.11. The van der Waals surface area contributed by atoms with Gasteiger partial charge in [-0.05, 0) is 34.7 Å². The van der Waals surface area contributed by atoms with Gasteiger partial charge >= 0.3 is 0 Å². The standard InChI is InChI=1S/C10H15BrN2O/c1-13-6-9(11)10(12-13)14-7-8-4-2-3-5-8/h6,8H,2-5,7H2,1H3. The number of halogens is 1. The Morgan fingerprint density at radius 2 is 2.29 bits per heavy atom. The molecule has 2 rings (SSSR count). The highest BCUT2D eigenvalue weighted by Gasteiger charge is 2.16. The fourth-order valence-electron chi connectivity index (χ4n) is 1.91. The van der Waals surface area contributed by atoms with Gasteiger partial charge in [0.2, 0.25) is 5.88 Å². The lowest BCUT2D eigenvalue weighted by Gasteiger charge is -2.08. The maximum absolute atomic E-state index is 5.66. The largest absolute Gasteiger partial charge is 0.476 e. The van der Waals surface area contributed by atoms with Crippen LogP contribution in [0.3, 0.4) is 0 Å². The van der Waals surface area contributed by atoms with Gasteiger partial charge in [0.15, 0.2) is 0 Å². The smallest absolute Gasteiger partial charge is 0.247 e. The molecule has 0 aromatic carbocycles. The van der Waals surface area contributed by atoms with Crippen LogP contribution in [0.4, 0.5) is 0 Å². The van der Waals surface area contributed by atoms with Crippen molar-refractivity contribution in [1.29, 1.82) is 0 Å². The lowest BCUT2D eigenvalue weighted by Crippen LogP contribution is -2.08. The van der Waals surface area contributed by atoms with Gasteiger partial charge in [-0.2, -0.15) is 0 Å². The Balaban J connectivity index is 1.87. The summed E-state index contributed by atoms with van der Waals surface area (Å²) in [4.78, 5) is 0. The molecule has 1 heterocycles. The molecule has 4 heteroatoms. The molecule has 0 saturated heterocycles. The summed E-state index contributed by atoms with van der Waals surface area (Å²) in [5, 5.41) is 4.22. The molecule has 1 fully saturated rings. The molecule has 14 heavy (non-hydrogen) atoms. The summed E-state index contributed by atoms with van der Waals surface area (Å²) < 4.78 is 8.36. The minimum atomic E-state index is 0.722. The molecular formula is C10H15BrN2O. The van der Waals surface area contributed by atoms with E-state index in [9.17, 15) is 0 Å². The quantitative estimate of drug-likeness (QED) is 0.834. The molecule has 0 aliphatic heterocycles. The van der Waals surface area contributed by atoms with E-state index >= 15 is 0 Å². The Morgan fingerprint density at radius 3 is 2.86 bits per heavy atom. The van der Waals surface area contributed by atoms with Crippen LogP contribution in [0.2, 0.25) is 0 Å². The zero-order valence-corrected chi connectivity index (χ0v) is 9.96. The molecule has 0 radical (unpaired) electrons. The third kappa shape index (κ3) is 2.29. The number of hydrogen-bond donors (Lipinski definition) is 0. The minimum Gasteiger partial charge on any atom is -0.476 e. The summed E-state index contributed by atoms with van der Waals surface area (Å²) in [6, 6.07) is 0. The summed E-state index contributed by atoms with van der Waals surface area (Å²) in [6.45, 7) is 0.815. The number of ether oxygens (including phenoxy) is 1. The van der Waals surface area contributed by atoms with Crippen LogP contribution in [-0.4, -0.2) is 16.4 Å². The van der Waals surface area contributed by atoms with E-state index in [4.69, 9.17) is 4.74 Å². The summed E-state index contributed by atoms with van der Waals surface area (Å²) >= 11 is 3.42. The van der Waals surface area contributed by atoms with E-state index < -0.39 is 0 Å². The van der Waals surface area contributed by atoms with E-state index in [2.05, 4.69) is 21.0 Å². The second-order valence-electron chi connectivity index (χ2n) is 3.92. The zero-order chi connectivity index (χ0) is 9.97. The Morgan fingerprint density at radius 1 is 1.57 bits per heavy atom. The topological polar surface area (TPSA) is 27.1 Å². The van der Waals surface area contributed by atoms with Gasteiger partial charge in [0.1, 0.15) is 0 Å². The molecule has 1 aromatic rings. The van der Waals surface area contributed by atoms with E-state index in [-0.39, 0.29) is 0 Å². The van der Waals surface area contributed by atoms with E-state index in [0.717, 1.165) is 22.9 Å². The van der Waals surface area contributed by atoms with Crippen molar-refractivity contribution in [2.45, 2.75) is 25.7 Å². The summed E-state index contributed by atoms with van der Waals surface area (Å²) in [5.41, 5.74) is 0. The van der Waals surface area contributed by atoms with Gasteiger partial charge in [-0.25, -0.2) is 0 Å². The molecule has 1 aliphatic rings. The van der Waals surface area contributed by atoms with Gasteiger partial charge in [0.05, 0.1) is 11.1 Å². The van der Waals surface area contributed by atoms with Crippen LogP contribution in [-0.2, 0) is 7.05 Å². The Bertz CT molecular complexity index is 305. The highest BCUT2D eigenvalue weighted by molar-refractivity contribution is 9.10. The van der Waals surface area contributed by atoms with Crippen LogP contribution in [0.15, 0.2) is 10.7 Å². The number of hydrogen-bond acceptors (Lipinski definition) is 2. The maximum Gasteiger partial charge on any atom is 0.247 e. The van der Waals surface area contributed by atoms with Gasteiger partial charge in [0.25, 0.3) is 0 Å². The molecule has 78 valence electrons. The second kappa shape index (κ2) is 4.34. The van der Waals surface area contributed by atoms with Crippen LogP contribution >= 0.6 is 15.9 Å². The number of rotatable bonds is 3. The molecule has 1 aromatic heterocycles. The number of aromatic nitrogens is 2. The molecule has 1 saturated carbocycles. The monoisotopic (exact) mass is 258 g/mol.